The molecule has 5 nitrogen and oxygen atoms in total. The Bertz CT molecular complexity index is 860. The molecule has 1 heterocycles. The number of fused-ring (bicyclic) bond motifs is 1. The molecule has 0 radical (unpaired) electrons. The fraction of sp³-hybridized carbons (Fsp3) is 0.421. The molecular formula is C19H23N3O2S. The molecule has 1 aliphatic rings. The van der Waals surface area contributed by atoms with Gasteiger partial charge in [-0.1, -0.05) is 30.8 Å². The average Bonchev–Trinajstić information content (AvgIpc) is 3.05. The van der Waals surface area contributed by atoms with Crippen molar-refractivity contribution in [3.05, 3.63) is 50.9 Å². The van der Waals surface area contributed by atoms with Crippen molar-refractivity contribution in [3.63, 3.8) is 0 Å². The van der Waals surface area contributed by atoms with Crippen LogP contribution in [0.1, 0.15) is 42.1 Å². The Morgan fingerprint density at radius 3 is 2.92 bits per heavy atom. The minimum atomic E-state index is -0.303. The summed E-state index contributed by atoms with van der Waals surface area (Å²) < 4.78 is 0. The van der Waals surface area contributed by atoms with Gasteiger partial charge in [-0.25, -0.2) is 4.98 Å². The molecule has 0 saturated heterocycles. The molecule has 1 amide bonds. The average molecular weight is 357 g/mol. The van der Waals surface area contributed by atoms with Crippen LogP contribution in [0.5, 0.6) is 0 Å². The SMILES string of the molecule is CCC(Sc1nc2c(c(=O)[nH]1)CCC2)C(=O)Nc1cc(C)ccc1C. The van der Waals surface area contributed by atoms with E-state index in [2.05, 4.69) is 15.3 Å². The number of H-pyrrole nitrogens is 1. The lowest BCUT2D eigenvalue weighted by Gasteiger charge is -2.16. The van der Waals surface area contributed by atoms with Gasteiger partial charge in [-0.15, -0.1) is 0 Å². The molecule has 0 bridgehead atoms. The number of aromatic nitrogens is 2. The third kappa shape index (κ3) is 3.95. The van der Waals surface area contributed by atoms with Crippen LogP contribution in [0.3, 0.4) is 0 Å². The van der Waals surface area contributed by atoms with Crippen LogP contribution in [0.25, 0.3) is 0 Å². The van der Waals surface area contributed by atoms with Gasteiger partial charge in [0.05, 0.1) is 10.9 Å². The molecule has 1 unspecified atom stereocenters. The molecule has 2 N–H and O–H groups in total. The number of hydrogen-bond donors (Lipinski definition) is 2. The van der Waals surface area contributed by atoms with E-state index in [0.717, 1.165) is 47.3 Å². The second-order valence-corrected chi connectivity index (χ2v) is 7.66. The van der Waals surface area contributed by atoms with E-state index in [1.54, 1.807) is 0 Å². The highest BCUT2D eigenvalue weighted by atomic mass is 32.2. The van der Waals surface area contributed by atoms with Crippen molar-refractivity contribution < 1.29 is 4.79 Å². The summed E-state index contributed by atoms with van der Waals surface area (Å²) in [5, 5.41) is 3.24. The number of benzene rings is 1. The van der Waals surface area contributed by atoms with Crippen molar-refractivity contribution in [1.82, 2.24) is 9.97 Å². The third-order valence-corrected chi connectivity index (χ3v) is 5.74. The van der Waals surface area contributed by atoms with Gasteiger partial charge in [0.2, 0.25) is 5.91 Å². The van der Waals surface area contributed by atoms with Gasteiger partial charge < -0.3 is 10.3 Å². The quantitative estimate of drug-likeness (QED) is 0.635. The van der Waals surface area contributed by atoms with Crippen LogP contribution < -0.4 is 10.9 Å². The number of aromatic amines is 1. The van der Waals surface area contributed by atoms with Crippen LogP contribution in [0.2, 0.25) is 0 Å². The molecule has 0 saturated carbocycles. The molecule has 6 heteroatoms. The molecule has 1 aliphatic carbocycles. The number of aryl methyl sites for hydroxylation is 3. The Kier molecular flexibility index (Phi) is 5.27. The predicted octanol–water partition coefficient (Wildman–Crippen LogP) is 3.38. The van der Waals surface area contributed by atoms with Gasteiger partial charge in [-0.05, 0) is 56.7 Å². The molecule has 3 rings (SSSR count). The van der Waals surface area contributed by atoms with E-state index >= 15 is 0 Å². The monoisotopic (exact) mass is 357 g/mol. The van der Waals surface area contributed by atoms with Crippen molar-refractivity contribution in [1.29, 1.82) is 0 Å². The molecule has 1 aromatic heterocycles. The van der Waals surface area contributed by atoms with Crippen molar-refractivity contribution in [3.8, 4) is 0 Å². The largest absolute Gasteiger partial charge is 0.325 e. The maximum Gasteiger partial charge on any atom is 0.254 e. The molecule has 25 heavy (non-hydrogen) atoms. The molecule has 132 valence electrons. The van der Waals surface area contributed by atoms with E-state index in [1.807, 2.05) is 39.0 Å². The first-order valence-electron chi connectivity index (χ1n) is 8.64. The molecule has 1 aromatic carbocycles. The summed E-state index contributed by atoms with van der Waals surface area (Å²) in [6.07, 6.45) is 3.28. The fourth-order valence-corrected chi connectivity index (χ4v) is 3.93. The molecule has 0 aliphatic heterocycles. The van der Waals surface area contributed by atoms with E-state index in [0.29, 0.717) is 11.6 Å². The second kappa shape index (κ2) is 7.44. The van der Waals surface area contributed by atoms with Crippen LogP contribution >= 0.6 is 11.8 Å². The summed E-state index contributed by atoms with van der Waals surface area (Å²) >= 11 is 1.33. The summed E-state index contributed by atoms with van der Waals surface area (Å²) in [7, 11) is 0. The van der Waals surface area contributed by atoms with Crippen LogP contribution in [0.15, 0.2) is 28.2 Å². The van der Waals surface area contributed by atoms with Crippen LogP contribution in [0.4, 0.5) is 5.69 Å². The Morgan fingerprint density at radius 2 is 2.16 bits per heavy atom. The molecular weight excluding hydrogens is 334 g/mol. The van der Waals surface area contributed by atoms with Gasteiger partial charge >= 0.3 is 0 Å². The van der Waals surface area contributed by atoms with Crippen molar-refractivity contribution in [2.24, 2.45) is 0 Å². The molecule has 0 spiro atoms. The van der Waals surface area contributed by atoms with Crippen molar-refractivity contribution >= 4 is 23.4 Å². The first kappa shape index (κ1) is 17.7. The zero-order chi connectivity index (χ0) is 18.0. The Labute approximate surface area is 151 Å². The lowest BCUT2D eigenvalue weighted by Crippen LogP contribution is -2.26. The highest BCUT2D eigenvalue weighted by Gasteiger charge is 2.22. The van der Waals surface area contributed by atoms with E-state index in [-0.39, 0.29) is 16.7 Å². The molecule has 0 fully saturated rings. The molecule has 1 atom stereocenters. The number of nitrogens with one attached hydrogen (secondary N) is 2. The minimum absolute atomic E-state index is 0.0604. The lowest BCUT2D eigenvalue weighted by atomic mass is 10.1. The summed E-state index contributed by atoms with van der Waals surface area (Å²) in [6, 6.07) is 6.00. The number of rotatable bonds is 5. The Hall–Kier alpha value is -2.08. The number of carbonyl (C=O) groups is 1. The smallest absolute Gasteiger partial charge is 0.254 e. The topological polar surface area (TPSA) is 74.8 Å². The van der Waals surface area contributed by atoms with Gasteiger partial charge in [0, 0.05) is 11.3 Å². The van der Waals surface area contributed by atoms with Crippen molar-refractivity contribution in [2.75, 3.05) is 5.32 Å². The van der Waals surface area contributed by atoms with Crippen LogP contribution in [-0.4, -0.2) is 21.1 Å². The number of anilines is 1. The highest BCUT2D eigenvalue weighted by Crippen LogP contribution is 2.26. The van der Waals surface area contributed by atoms with E-state index in [9.17, 15) is 9.59 Å². The summed E-state index contributed by atoms with van der Waals surface area (Å²) in [5.74, 6) is -0.0654. The molecule has 2 aromatic rings. The Morgan fingerprint density at radius 1 is 1.36 bits per heavy atom. The van der Waals surface area contributed by atoms with Gasteiger partial charge in [-0.3, -0.25) is 9.59 Å². The number of thioether (sulfide) groups is 1. The zero-order valence-corrected chi connectivity index (χ0v) is 15.6. The van der Waals surface area contributed by atoms with Gasteiger partial charge in [0.25, 0.3) is 5.56 Å². The highest BCUT2D eigenvalue weighted by molar-refractivity contribution is 8.00. The van der Waals surface area contributed by atoms with Crippen molar-refractivity contribution in [2.45, 2.75) is 56.9 Å². The Balaban J connectivity index is 1.76. The second-order valence-electron chi connectivity index (χ2n) is 6.47. The number of hydrogen-bond acceptors (Lipinski definition) is 4. The number of carbonyl (C=O) groups excluding carboxylic acids is 1. The number of nitrogens with zero attached hydrogens (tertiary/aromatic N) is 1. The predicted molar refractivity (Wildman–Crippen MR) is 101 cm³/mol. The summed E-state index contributed by atoms with van der Waals surface area (Å²) in [4.78, 5) is 32.2. The third-order valence-electron chi connectivity index (χ3n) is 4.49. The van der Waals surface area contributed by atoms with Gasteiger partial charge in [0.1, 0.15) is 0 Å². The lowest BCUT2D eigenvalue weighted by molar-refractivity contribution is -0.115. The van der Waals surface area contributed by atoms with Crippen LogP contribution in [0, 0.1) is 13.8 Å². The normalized spacial score (nSPS) is 14.2. The maximum atomic E-state index is 12.7. The maximum absolute atomic E-state index is 12.7. The number of amides is 1. The van der Waals surface area contributed by atoms with Gasteiger partial charge in [-0.2, -0.15) is 0 Å². The van der Waals surface area contributed by atoms with Crippen LogP contribution in [-0.2, 0) is 17.6 Å². The summed E-state index contributed by atoms with van der Waals surface area (Å²) in [6.45, 7) is 5.94. The van der Waals surface area contributed by atoms with E-state index < -0.39 is 0 Å². The first-order valence-corrected chi connectivity index (χ1v) is 9.52. The summed E-state index contributed by atoms with van der Waals surface area (Å²) in [5.41, 5.74) is 4.59. The van der Waals surface area contributed by atoms with E-state index in [4.69, 9.17) is 0 Å². The fourth-order valence-electron chi connectivity index (χ4n) is 3.02. The van der Waals surface area contributed by atoms with E-state index in [1.165, 1.54) is 11.8 Å². The minimum Gasteiger partial charge on any atom is -0.325 e. The standard InChI is InChI=1S/C19H23N3O2S/c1-4-16(18(24)20-15-10-11(2)8-9-12(15)3)25-19-21-14-7-5-6-13(14)17(23)22-19/h8-10,16H,4-7H2,1-3H3,(H,20,24)(H,21,22,23). The van der Waals surface area contributed by atoms with Gasteiger partial charge in [0.15, 0.2) is 5.16 Å². The zero-order valence-electron chi connectivity index (χ0n) is 14.8. The first-order chi connectivity index (χ1) is 12.0.